The van der Waals surface area contributed by atoms with E-state index in [0.717, 1.165) is 10.9 Å². The maximum atomic E-state index is 13.0. The number of pyridine rings is 1. The molecule has 1 aromatic heterocycles. The number of aromatic nitrogens is 1. The molecule has 0 fully saturated rings. The van der Waals surface area contributed by atoms with Gasteiger partial charge in [-0.3, -0.25) is 14.4 Å². The summed E-state index contributed by atoms with van der Waals surface area (Å²) in [6.07, 6.45) is 2.42. The quantitative estimate of drug-likeness (QED) is 0.677. The van der Waals surface area contributed by atoms with E-state index in [1.165, 1.54) is 4.57 Å². The number of anilines is 1. The van der Waals surface area contributed by atoms with Gasteiger partial charge in [0.2, 0.25) is 0 Å². The van der Waals surface area contributed by atoms with Crippen LogP contribution in [0.4, 0.5) is 5.69 Å². The zero-order valence-electron chi connectivity index (χ0n) is 15.5. The lowest BCUT2D eigenvalue weighted by Crippen LogP contribution is -2.39. The Balaban J connectivity index is 1.99. The summed E-state index contributed by atoms with van der Waals surface area (Å²) in [5, 5.41) is 0. The van der Waals surface area contributed by atoms with Gasteiger partial charge in [0.15, 0.2) is 12.4 Å². The molecule has 0 N–H and O–H groups in total. The first kappa shape index (κ1) is 19.4. The van der Waals surface area contributed by atoms with E-state index in [1.807, 2.05) is 6.92 Å². The number of hydrogen-bond donors (Lipinski definition) is 0. The van der Waals surface area contributed by atoms with Gasteiger partial charge in [0.05, 0.1) is 11.7 Å². The fraction of sp³-hybridized carbons (Fsp3) is 0.350. The van der Waals surface area contributed by atoms with Gasteiger partial charge in [0, 0.05) is 28.3 Å². The summed E-state index contributed by atoms with van der Waals surface area (Å²) in [5.74, 6) is 0.260. The molecule has 0 radical (unpaired) electrons. The van der Waals surface area contributed by atoms with Crippen LogP contribution in [0.5, 0.6) is 5.75 Å². The van der Waals surface area contributed by atoms with Crippen LogP contribution in [0, 0.1) is 6.92 Å². The van der Waals surface area contributed by atoms with Crippen LogP contribution in [0.25, 0.3) is 0 Å². The molecule has 2 heterocycles. The molecule has 27 heavy (non-hydrogen) atoms. The summed E-state index contributed by atoms with van der Waals surface area (Å²) < 4.78 is 7.64. The van der Waals surface area contributed by atoms with Gasteiger partial charge in [0.25, 0.3) is 11.5 Å². The van der Waals surface area contributed by atoms with Crippen molar-refractivity contribution in [3.05, 3.63) is 56.4 Å². The molecule has 1 amide bonds. The van der Waals surface area contributed by atoms with Crippen molar-refractivity contribution >= 4 is 33.3 Å². The van der Waals surface area contributed by atoms with Crippen LogP contribution in [0.2, 0.25) is 0 Å². The van der Waals surface area contributed by atoms with Crippen molar-refractivity contribution in [3.63, 3.8) is 0 Å². The van der Waals surface area contributed by atoms with Gasteiger partial charge in [-0.2, -0.15) is 0 Å². The van der Waals surface area contributed by atoms with Crippen LogP contribution in [0.1, 0.15) is 42.2 Å². The number of nitrogens with zero attached hydrogens (tertiary/aromatic N) is 2. The lowest BCUT2D eigenvalue weighted by molar-refractivity contribution is -0.121. The maximum Gasteiger partial charge on any atom is 0.265 e. The largest absolute Gasteiger partial charge is 0.482 e. The third-order valence-electron chi connectivity index (χ3n) is 4.62. The summed E-state index contributed by atoms with van der Waals surface area (Å²) in [6, 6.07) is 6.11. The van der Waals surface area contributed by atoms with Crippen molar-refractivity contribution in [1.82, 2.24) is 4.57 Å². The smallest absolute Gasteiger partial charge is 0.265 e. The van der Waals surface area contributed by atoms with Gasteiger partial charge in [-0.15, -0.1) is 0 Å². The molecule has 2 aromatic rings. The Morgan fingerprint density at radius 3 is 2.74 bits per heavy atom. The number of Topliss-reactive ketones (excluding diaryl/α,β-unsaturated/α-hetero) is 1. The number of benzene rings is 1. The number of rotatable bonds is 5. The number of carbonyl (C=O) groups is 2. The van der Waals surface area contributed by atoms with E-state index in [0.29, 0.717) is 29.1 Å². The average molecular weight is 433 g/mol. The normalized spacial score (nSPS) is 14.5. The summed E-state index contributed by atoms with van der Waals surface area (Å²) >= 11 is 3.37. The lowest BCUT2D eigenvalue weighted by atomic mass is 10.0. The highest BCUT2D eigenvalue weighted by atomic mass is 79.9. The predicted molar refractivity (Wildman–Crippen MR) is 107 cm³/mol. The second-order valence-electron chi connectivity index (χ2n) is 6.61. The zero-order valence-corrected chi connectivity index (χ0v) is 17.1. The molecule has 142 valence electrons. The van der Waals surface area contributed by atoms with Gasteiger partial charge in [-0.1, -0.05) is 6.92 Å². The Hall–Kier alpha value is -2.41. The first-order valence-electron chi connectivity index (χ1n) is 8.83. The number of ether oxygens (including phenoxy) is 1. The molecule has 0 saturated heterocycles. The minimum absolute atomic E-state index is 0.00338. The fourth-order valence-corrected chi connectivity index (χ4v) is 3.74. The summed E-state index contributed by atoms with van der Waals surface area (Å²) in [7, 11) is 0. The molecule has 1 aliphatic rings. The van der Waals surface area contributed by atoms with Crippen molar-refractivity contribution in [3.8, 4) is 5.75 Å². The van der Waals surface area contributed by atoms with E-state index in [4.69, 9.17) is 4.74 Å². The number of fused-ring (bicyclic) bond motifs is 1. The lowest BCUT2D eigenvalue weighted by Gasteiger charge is -2.29. The fourth-order valence-electron chi connectivity index (χ4n) is 3.18. The Morgan fingerprint density at radius 2 is 2.04 bits per heavy atom. The van der Waals surface area contributed by atoms with Gasteiger partial charge < -0.3 is 14.2 Å². The number of carbonyl (C=O) groups excluding carboxylic acids is 2. The third-order valence-corrected chi connectivity index (χ3v) is 5.05. The minimum Gasteiger partial charge on any atom is -0.482 e. The molecule has 7 heteroatoms. The second kappa shape index (κ2) is 7.68. The van der Waals surface area contributed by atoms with E-state index < -0.39 is 6.04 Å². The predicted octanol–water partition coefficient (Wildman–Crippen LogP) is 3.50. The van der Waals surface area contributed by atoms with E-state index in [1.54, 1.807) is 49.2 Å². The van der Waals surface area contributed by atoms with E-state index in [9.17, 15) is 14.4 Å². The van der Waals surface area contributed by atoms with Gasteiger partial charge in [0.1, 0.15) is 5.75 Å². The van der Waals surface area contributed by atoms with E-state index in [-0.39, 0.29) is 23.9 Å². The van der Waals surface area contributed by atoms with Gasteiger partial charge in [-0.05, 0) is 60.5 Å². The van der Waals surface area contributed by atoms with Crippen LogP contribution < -0.4 is 15.2 Å². The Morgan fingerprint density at radius 1 is 1.30 bits per heavy atom. The highest BCUT2D eigenvalue weighted by molar-refractivity contribution is 9.10. The molecule has 0 bridgehead atoms. The topological polar surface area (TPSA) is 68.6 Å². The highest BCUT2D eigenvalue weighted by Gasteiger charge is 2.27. The van der Waals surface area contributed by atoms with Crippen LogP contribution >= 0.6 is 15.9 Å². The average Bonchev–Trinajstić information content (AvgIpc) is 2.65. The second-order valence-corrected chi connectivity index (χ2v) is 7.53. The molecular formula is C20H21BrN2O4. The van der Waals surface area contributed by atoms with Crippen molar-refractivity contribution < 1.29 is 14.3 Å². The van der Waals surface area contributed by atoms with E-state index >= 15 is 0 Å². The SMILES string of the molecule is CCCN1C(=O)COc2ccc(C(=O)C(C)n3cc(Br)cc(C)c3=O)cc21. The Kier molecular flexibility index (Phi) is 5.51. The van der Waals surface area contributed by atoms with Crippen molar-refractivity contribution in [2.45, 2.75) is 33.2 Å². The van der Waals surface area contributed by atoms with Crippen molar-refractivity contribution in [2.24, 2.45) is 0 Å². The monoisotopic (exact) mass is 432 g/mol. The maximum absolute atomic E-state index is 13.0. The van der Waals surface area contributed by atoms with Crippen molar-refractivity contribution in [1.29, 1.82) is 0 Å². The standard InChI is InChI=1S/C20H21BrN2O4/c1-4-7-22-16-9-14(5-6-17(16)27-11-18(22)24)19(25)13(3)23-10-15(21)8-12(2)20(23)26/h5-6,8-10,13H,4,7,11H2,1-3H3. The molecule has 1 aliphatic heterocycles. The number of halogens is 1. The van der Waals surface area contributed by atoms with E-state index in [2.05, 4.69) is 15.9 Å². The van der Waals surface area contributed by atoms with Gasteiger partial charge in [-0.25, -0.2) is 0 Å². The molecule has 3 rings (SSSR count). The molecule has 0 spiro atoms. The van der Waals surface area contributed by atoms with Crippen molar-refractivity contribution in [2.75, 3.05) is 18.1 Å². The van der Waals surface area contributed by atoms with Crippen LogP contribution in [-0.2, 0) is 4.79 Å². The summed E-state index contributed by atoms with van der Waals surface area (Å²) in [5.41, 5.74) is 1.39. The molecule has 1 atom stereocenters. The number of aryl methyl sites for hydroxylation is 1. The van der Waals surface area contributed by atoms with Crippen LogP contribution in [0.15, 0.2) is 39.7 Å². The molecule has 0 aliphatic carbocycles. The van der Waals surface area contributed by atoms with Crippen LogP contribution in [-0.4, -0.2) is 29.4 Å². The minimum atomic E-state index is -0.674. The molecule has 1 aromatic carbocycles. The number of hydrogen-bond acceptors (Lipinski definition) is 4. The summed E-state index contributed by atoms with van der Waals surface area (Å²) in [4.78, 5) is 39.3. The molecule has 0 saturated carbocycles. The third kappa shape index (κ3) is 3.69. The van der Waals surface area contributed by atoms with Gasteiger partial charge >= 0.3 is 0 Å². The Bertz CT molecular complexity index is 967. The zero-order chi connectivity index (χ0) is 19.7. The highest BCUT2D eigenvalue weighted by Crippen LogP contribution is 2.34. The Labute approximate surface area is 165 Å². The summed E-state index contributed by atoms with van der Waals surface area (Å²) in [6.45, 7) is 5.96. The molecule has 6 nitrogen and oxygen atoms in total. The molecule has 1 unspecified atom stereocenters. The van der Waals surface area contributed by atoms with Crippen LogP contribution in [0.3, 0.4) is 0 Å². The molecular weight excluding hydrogens is 412 g/mol. The number of ketones is 1. The first-order chi connectivity index (χ1) is 12.8. The first-order valence-corrected chi connectivity index (χ1v) is 9.62. The number of amides is 1.